The molecule has 0 aliphatic heterocycles. The SMILES string of the molecule is Cc1cnn(CCNc2ccc(C#N)nc2)c1. The molecule has 1 N–H and O–H groups in total. The molecule has 0 amide bonds. The van der Waals surface area contributed by atoms with Gasteiger partial charge in [0.05, 0.1) is 24.6 Å². The van der Waals surface area contributed by atoms with E-state index in [1.165, 1.54) is 0 Å². The second kappa shape index (κ2) is 5.12. The molecule has 0 atom stereocenters. The Bertz CT molecular complexity index is 521. The summed E-state index contributed by atoms with van der Waals surface area (Å²) in [6.45, 7) is 3.59. The summed E-state index contributed by atoms with van der Waals surface area (Å²) in [6.07, 6.45) is 5.49. The first-order valence-corrected chi connectivity index (χ1v) is 5.37. The van der Waals surface area contributed by atoms with E-state index in [2.05, 4.69) is 15.4 Å². The van der Waals surface area contributed by atoms with Crippen molar-refractivity contribution >= 4 is 5.69 Å². The van der Waals surface area contributed by atoms with Crippen LogP contribution in [0.2, 0.25) is 0 Å². The fraction of sp³-hybridized carbons (Fsp3) is 0.250. The molecule has 0 bridgehead atoms. The third kappa shape index (κ3) is 3.05. The van der Waals surface area contributed by atoms with Crippen LogP contribution in [0, 0.1) is 18.3 Å². The standard InChI is InChI=1S/C12H13N5/c1-10-7-16-17(9-10)5-4-14-12-3-2-11(6-13)15-8-12/h2-3,7-9,14H,4-5H2,1H3. The van der Waals surface area contributed by atoms with Crippen molar-refractivity contribution in [1.82, 2.24) is 14.8 Å². The van der Waals surface area contributed by atoms with Crippen LogP contribution in [-0.4, -0.2) is 21.3 Å². The Morgan fingerprint density at radius 1 is 1.41 bits per heavy atom. The fourth-order valence-corrected chi connectivity index (χ4v) is 1.47. The molecule has 5 heteroatoms. The summed E-state index contributed by atoms with van der Waals surface area (Å²) < 4.78 is 1.89. The van der Waals surface area contributed by atoms with Gasteiger partial charge >= 0.3 is 0 Å². The zero-order valence-electron chi connectivity index (χ0n) is 9.59. The Kier molecular flexibility index (Phi) is 3.36. The summed E-state index contributed by atoms with van der Waals surface area (Å²) in [6, 6.07) is 5.53. The quantitative estimate of drug-likeness (QED) is 0.861. The monoisotopic (exact) mass is 227 g/mol. The van der Waals surface area contributed by atoms with Crippen LogP contribution < -0.4 is 5.32 Å². The Morgan fingerprint density at radius 3 is 2.88 bits per heavy atom. The van der Waals surface area contributed by atoms with Crippen molar-refractivity contribution in [3.8, 4) is 6.07 Å². The molecule has 0 radical (unpaired) electrons. The van der Waals surface area contributed by atoms with E-state index in [-0.39, 0.29) is 0 Å². The van der Waals surface area contributed by atoms with E-state index in [0.717, 1.165) is 24.3 Å². The molecule has 0 unspecified atom stereocenters. The molecule has 0 fully saturated rings. The van der Waals surface area contributed by atoms with Crippen molar-refractivity contribution < 1.29 is 0 Å². The van der Waals surface area contributed by atoms with Crippen molar-refractivity contribution in [2.24, 2.45) is 0 Å². The van der Waals surface area contributed by atoms with E-state index in [0.29, 0.717) is 5.69 Å². The third-order valence-corrected chi connectivity index (χ3v) is 2.31. The van der Waals surface area contributed by atoms with Crippen LogP contribution in [0.1, 0.15) is 11.3 Å². The van der Waals surface area contributed by atoms with E-state index in [4.69, 9.17) is 5.26 Å². The van der Waals surface area contributed by atoms with Gasteiger partial charge in [-0.05, 0) is 24.6 Å². The van der Waals surface area contributed by atoms with Gasteiger partial charge in [-0.25, -0.2) is 4.98 Å². The number of hydrogen-bond acceptors (Lipinski definition) is 4. The molecule has 0 aromatic carbocycles. The highest BCUT2D eigenvalue weighted by molar-refractivity contribution is 5.42. The Hall–Kier alpha value is -2.35. The topological polar surface area (TPSA) is 66.5 Å². The van der Waals surface area contributed by atoms with Gasteiger partial charge in [0, 0.05) is 12.7 Å². The van der Waals surface area contributed by atoms with Crippen LogP contribution in [0.5, 0.6) is 0 Å². The maximum Gasteiger partial charge on any atom is 0.140 e. The first-order chi connectivity index (χ1) is 8.28. The van der Waals surface area contributed by atoms with Crippen molar-refractivity contribution in [3.63, 3.8) is 0 Å². The normalized spacial score (nSPS) is 9.88. The van der Waals surface area contributed by atoms with Crippen molar-refractivity contribution in [2.45, 2.75) is 13.5 Å². The fourth-order valence-electron chi connectivity index (χ4n) is 1.47. The maximum absolute atomic E-state index is 8.61. The second-order valence-electron chi connectivity index (χ2n) is 3.75. The number of aryl methyl sites for hydroxylation is 1. The van der Waals surface area contributed by atoms with Gasteiger partial charge in [-0.1, -0.05) is 0 Å². The van der Waals surface area contributed by atoms with Gasteiger partial charge in [0.2, 0.25) is 0 Å². The Balaban J connectivity index is 1.84. The lowest BCUT2D eigenvalue weighted by Crippen LogP contribution is -2.10. The van der Waals surface area contributed by atoms with Gasteiger partial charge in [0.15, 0.2) is 0 Å². The van der Waals surface area contributed by atoms with Crippen LogP contribution in [0.15, 0.2) is 30.7 Å². The Labute approximate surface area is 99.7 Å². The lowest BCUT2D eigenvalue weighted by molar-refractivity contribution is 0.637. The van der Waals surface area contributed by atoms with E-state index in [9.17, 15) is 0 Å². The lowest BCUT2D eigenvalue weighted by atomic mass is 10.3. The molecule has 2 rings (SSSR count). The van der Waals surface area contributed by atoms with E-state index >= 15 is 0 Å². The second-order valence-corrected chi connectivity index (χ2v) is 3.75. The average molecular weight is 227 g/mol. The molecule has 2 aromatic rings. The zero-order chi connectivity index (χ0) is 12.1. The molecule has 17 heavy (non-hydrogen) atoms. The maximum atomic E-state index is 8.61. The van der Waals surface area contributed by atoms with Gasteiger partial charge in [-0.15, -0.1) is 0 Å². The number of nitrogens with one attached hydrogen (secondary N) is 1. The number of hydrogen-bond donors (Lipinski definition) is 1. The number of pyridine rings is 1. The van der Waals surface area contributed by atoms with Crippen molar-refractivity contribution in [3.05, 3.63) is 42.0 Å². The first-order valence-electron chi connectivity index (χ1n) is 5.37. The first kappa shape index (κ1) is 11.1. The summed E-state index contributed by atoms with van der Waals surface area (Å²) in [7, 11) is 0. The summed E-state index contributed by atoms with van der Waals surface area (Å²) in [5.74, 6) is 0. The van der Waals surface area contributed by atoms with Crippen molar-refractivity contribution in [2.75, 3.05) is 11.9 Å². The Morgan fingerprint density at radius 2 is 2.29 bits per heavy atom. The zero-order valence-corrected chi connectivity index (χ0v) is 9.59. The summed E-state index contributed by atoms with van der Waals surface area (Å²) >= 11 is 0. The van der Waals surface area contributed by atoms with Gasteiger partial charge in [0.25, 0.3) is 0 Å². The predicted octanol–water partition coefficient (Wildman–Crippen LogP) is 1.57. The van der Waals surface area contributed by atoms with E-state index in [1.807, 2.05) is 36.1 Å². The average Bonchev–Trinajstić information content (AvgIpc) is 2.76. The molecule has 0 saturated heterocycles. The van der Waals surface area contributed by atoms with E-state index < -0.39 is 0 Å². The highest BCUT2D eigenvalue weighted by Crippen LogP contribution is 2.05. The van der Waals surface area contributed by atoms with Crippen LogP contribution in [-0.2, 0) is 6.54 Å². The summed E-state index contributed by atoms with van der Waals surface area (Å²) in [5, 5.41) is 16.0. The molecule has 86 valence electrons. The minimum Gasteiger partial charge on any atom is -0.382 e. The van der Waals surface area contributed by atoms with Crippen LogP contribution in [0.3, 0.4) is 0 Å². The van der Waals surface area contributed by atoms with E-state index in [1.54, 1.807) is 12.3 Å². The number of aromatic nitrogens is 3. The minimum absolute atomic E-state index is 0.429. The summed E-state index contributed by atoms with van der Waals surface area (Å²) in [4.78, 5) is 3.98. The molecule has 0 aliphatic carbocycles. The van der Waals surface area contributed by atoms with Gasteiger partial charge in [-0.3, -0.25) is 4.68 Å². The predicted molar refractivity (Wildman–Crippen MR) is 64.4 cm³/mol. The number of anilines is 1. The molecular formula is C12H13N5. The number of rotatable bonds is 4. The molecule has 5 nitrogen and oxygen atoms in total. The largest absolute Gasteiger partial charge is 0.382 e. The lowest BCUT2D eigenvalue weighted by Gasteiger charge is -2.05. The molecule has 0 aliphatic rings. The van der Waals surface area contributed by atoms with Crippen LogP contribution >= 0.6 is 0 Å². The number of nitrogens with zero attached hydrogens (tertiary/aromatic N) is 4. The highest BCUT2D eigenvalue weighted by Gasteiger charge is 1.96. The summed E-state index contributed by atoms with van der Waals surface area (Å²) in [5.41, 5.74) is 2.50. The van der Waals surface area contributed by atoms with Crippen LogP contribution in [0.4, 0.5) is 5.69 Å². The molecule has 0 spiro atoms. The number of nitriles is 1. The smallest absolute Gasteiger partial charge is 0.140 e. The van der Waals surface area contributed by atoms with Gasteiger partial charge in [0.1, 0.15) is 11.8 Å². The minimum atomic E-state index is 0.429. The third-order valence-electron chi connectivity index (χ3n) is 2.31. The molecule has 2 aromatic heterocycles. The molecule has 2 heterocycles. The van der Waals surface area contributed by atoms with Crippen molar-refractivity contribution in [1.29, 1.82) is 5.26 Å². The highest BCUT2D eigenvalue weighted by atomic mass is 15.3. The molecular weight excluding hydrogens is 214 g/mol. The van der Waals surface area contributed by atoms with Gasteiger partial charge < -0.3 is 5.32 Å². The van der Waals surface area contributed by atoms with Crippen LogP contribution in [0.25, 0.3) is 0 Å². The van der Waals surface area contributed by atoms with Gasteiger partial charge in [-0.2, -0.15) is 10.4 Å². The molecule has 0 saturated carbocycles.